The van der Waals surface area contributed by atoms with E-state index in [0.717, 1.165) is 37.8 Å². The van der Waals surface area contributed by atoms with E-state index in [-0.39, 0.29) is 0 Å². The molecule has 1 atom stereocenters. The molecule has 0 saturated carbocycles. The van der Waals surface area contributed by atoms with Crippen LogP contribution >= 0.6 is 0 Å². The van der Waals surface area contributed by atoms with Crippen LogP contribution in [0.25, 0.3) is 0 Å². The van der Waals surface area contributed by atoms with Crippen LogP contribution in [-0.4, -0.2) is 52.6 Å². The molecule has 1 aliphatic rings. The Labute approximate surface area is 143 Å². The smallest absolute Gasteiger partial charge is 0.228 e. The number of ether oxygens (including phenoxy) is 1. The minimum absolute atomic E-state index is 0.373. The van der Waals surface area contributed by atoms with Gasteiger partial charge in [-0.2, -0.15) is 4.98 Å². The minimum Gasteiger partial charge on any atom is -0.478 e. The zero-order valence-corrected chi connectivity index (χ0v) is 14.6. The number of anilines is 1. The van der Waals surface area contributed by atoms with Crippen molar-refractivity contribution in [3.63, 3.8) is 0 Å². The molecule has 3 rings (SSSR count). The van der Waals surface area contributed by atoms with Gasteiger partial charge in [-0.05, 0) is 32.4 Å². The van der Waals surface area contributed by atoms with Crippen molar-refractivity contribution < 1.29 is 4.74 Å². The number of aryl methyl sites for hydroxylation is 1. The van der Waals surface area contributed by atoms with Gasteiger partial charge in [0.25, 0.3) is 0 Å². The number of hydrogen-bond donors (Lipinski definition) is 0. The number of rotatable bonds is 5. The maximum absolute atomic E-state index is 5.54. The number of aromatic nitrogens is 3. The summed E-state index contributed by atoms with van der Waals surface area (Å²) in [5, 5.41) is 0. The van der Waals surface area contributed by atoms with Crippen molar-refractivity contribution in [3.8, 4) is 5.88 Å². The first-order valence-corrected chi connectivity index (χ1v) is 8.54. The van der Waals surface area contributed by atoms with E-state index in [1.54, 1.807) is 0 Å². The predicted octanol–water partition coefficient (Wildman–Crippen LogP) is 2.46. The first-order valence-electron chi connectivity index (χ1n) is 8.54. The maximum Gasteiger partial charge on any atom is 0.228 e. The van der Waals surface area contributed by atoms with Crippen molar-refractivity contribution in [2.24, 2.45) is 0 Å². The summed E-state index contributed by atoms with van der Waals surface area (Å²) in [5.41, 5.74) is 2.20. The molecule has 3 heterocycles. The van der Waals surface area contributed by atoms with Crippen molar-refractivity contribution >= 4 is 5.95 Å². The average Bonchev–Trinajstić information content (AvgIpc) is 2.62. The average molecular weight is 327 g/mol. The summed E-state index contributed by atoms with van der Waals surface area (Å²) in [5.74, 6) is 1.43. The first kappa shape index (κ1) is 16.6. The molecule has 2 aromatic rings. The summed E-state index contributed by atoms with van der Waals surface area (Å²) in [6.07, 6.45) is 3.77. The molecule has 128 valence electrons. The third-order valence-corrected chi connectivity index (χ3v) is 4.42. The Kier molecular flexibility index (Phi) is 5.25. The topological polar surface area (TPSA) is 54.4 Å². The lowest BCUT2D eigenvalue weighted by atomic mass is 10.1. The van der Waals surface area contributed by atoms with E-state index in [4.69, 9.17) is 4.74 Å². The molecular weight excluding hydrogens is 302 g/mol. The van der Waals surface area contributed by atoms with Crippen LogP contribution in [0.5, 0.6) is 5.88 Å². The number of piperazine rings is 1. The fourth-order valence-electron chi connectivity index (χ4n) is 3.03. The Morgan fingerprint density at radius 1 is 1.21 bits per heavy atom. The van der Waals surface area contributed by atoms with Crippen LogP contribution in [-0.2, 0) is 0 Å². The second-order valence-corrected chi connectivity index (χ2v) is 6.07. The lowest BCUT2D eigenvalue weighted by molar-refractivity contribution is 0.197. The normalized spacial score (nSPS) is 16.9. The first-order chi connectivity index (χ1) is 11.7. The van der Waals surface area contributed by atoms with E-state index in [2.05, 4.69) is 37.7 Å². The van der Waals surface area contributed by atoms with E-state index >= 15 is 0 Å². The SMILES string of the molecule is CCOc1cc(C)nc(N2CCN(C(C)c3cccnc3)CC2)n1. The molecule has 0 aliphatic carbocycles. The molecule has 0 spiro atoms. The van der Waals surface area contributed by atoms with Gasteiger partial charge in [-0.1, -0.05) is 6.07 Å². The summed E-state index contributed by atoms with van der Waals surface area (Å²) in [7, 11) is 0. The third-order valence-electron chi connectivity index (χ3n) is 4.42. The molecule has 0 radical (unpaired) electrons. The molecule has 1 aliphatic heterocycles. The van der Waals surface area contributed by atoms with Gasteiger partial charge in [0.15, 0.2) is 0 Å². The molecule has 0 bridgehead atoms. The van der Waals surface area contributed by atoms with Gasteiger partial charge in [-0.3, -0.25) is 9.88 Å². The Hall–Kier alpha value is -2.21. The highest BCUT2D eigenvalue weighted by atomic mass is 16.5. The van der Waals surface area contributed by atoms with Crippen LogP contribution in [0.1, 0.15) is 31.1 Å². The van der Waals surface area contributed by atoms with Gasteiger partial charge < -0.3 is 9.64 Å². The number of nitrogens with zero attached hydrogens (tertiary/aromatic N) is 5. The predicted molar refractivity (Wildman–Crippen MR) is 94.4 cm³/mol. The quantitative estimate of drug-likeness (QED) is 0.841. The third kappa shape index (κ3) is 3.82. The highest BCUT2D eigenvalue weighted by Gasteiger charge is 2.24. The Bertz CT molecular complexity index is 656. The fraction of sp³-hybridized carbons (Fsp3) is 0.500. The van der Waals surface area contributed by atoms with Crippen molar-refractivity contribution in [1.29, 1.82) is 0 Å². The van der Waals surface area contributed by atoms with Crippen LogP contribution in [0.4, 0.5) is 5.95 Å². The highest BCUT2D eigenvalue weighted by molar-refractivity contribution is 5.35. The summed E-state index contributed by atoms with van der Waals surface area (Å²) in [6, 6.07) is 6.39. The van der Waals surface area contributed by atoms with Gasteiger partial charge in [-0.15, -0.1) is 0 Å². The second-order valence-electron chi connectivity index (χ2n) is 6.07. The van der Waals surface area contributed by atoms with Crippen molar-refractivity contribution in [2.75, 3.05) is 37.7 Å². The summed E-state index contributed by atoms with van der Waals surface area (Å²) < 4.78 is 5.54. The number of hydrogen-bond acceptors (Lipinski definition) is 6. The van der Waals surface area contributed by atoms with Crippen molar-refractivity contribution in [3.05, 3.63) is 41.9 Å². The van der Waals surface area contributed by atoms with Gasteiger partial charge in [0.1, 0.15) is 0 Å². The lowest BCUT2D eigenvalue weighted by Crippen LogP contribution is -2.47. The van der Waals surface area contributed by atoms with Crippen LogP contribution in [0.15, 0.2) is 30.6 Å². The maximum atomic E-state index is 5.54. The van der Waals surface area contributed by atoms with Gasteiger partial charge >= 0.3 is 0 Å². The molecule has 0 aromatic carbocycles. The van der Waals surface area contributed by atoms with Gasteiger partial charge in [0, 0.05) is 56.4 Å². The molecular formula is C18H25N5O. The second kappa shape index (κ2) is 7.57. The van der Waals surface area contributed by atoms with Crippen LogP contribution in [0.2, 0.25) is 0 Å². The summed E-state index contributed by atoms with van der Waals surface area (Å²) in [4.78, 5) is 18.1. The van der Waals surface area contributed by atoms with Gasteiger partial charge in [0.2, 0.25) is 11.8 Å². The van der Waals surface area contributed by atoms with Crippen molar-refractivity contribution in [1.82, 2.24) is 19.9 Å². The van der Waals surface area contributed by atoms with E-state index < -0.39 is 0 Å². The summed E-state index contributed by atoms with van der Waals surface area (Å²) in [6.45, 7) is 10.6. The molecule has 6 heteroatoms. The molecule has 1 saturated heterocycles. The monoisotopic (exact) mass is 327 g/mol. The zero-order valence-electron chi connectivity index (χ0n) is 14.6. The number of pyridine rings is 1. The highest BCUT2D eigenvalue weighted by Crippen LogP contribution is 2.23. The molecule has 0 amide bonds. The molecule has 6 nitrogen and oxygen atoms in total. The molecule has 24 heavy (non-hydrogen) atoms. The molecule has 2 aromatic heterocycles. The minimum atomic E-state index is 0.373. The molecule has 0 N–H and O–H groups in total. The molecule has 1 unspecified atom stereocenters. The van der Waals surface area contributed by atoms with Crippen molar-refractivity contribution in [2.45, 2.75) is 26.8 Å². The largest absolute Gasteiger partial charge is 0.478 e. The Balaban J connectivity index is 1.65. The van der Waals surface area contributed by atoms with Gasteiger partial charge in [-0.25, -0.2) is 4.98 Å². The standard InChI is InChI=1S/C18H25N5O/c1-4-24-17-12-14(2)20-18(21-17)23-10-8-22(9-11-23)15(3)16-6-5-7-19-13-16/h5-7,12-13,15H,4,8-11H2,1-3H3. The Morgan fingerprint density at radius 3 is 2.67 bits per heavy atom. The Morgan fingerprint density at radius 2 is 2.00 bits per heavy atom. The molecule has 1 fully saturated rings. The van der Waals surface area contributed by atoms with E-state index in [0.29, 0.717) is 18.5 Å². The summed E-state index contributed by atoms with van der Waals surface area (Å²) >= 11 is 0. The van der Waals surface area contributed by atoms with Crippen LogP contribution < -0.4 is 9.64 Å². The lowest BCUT2D eigenvalue weighted by Gasteiger charge is -2.38. The zero-order chi connectivity index (χ0) is 16.9. The van der Waals surface area contributed by atoms with Crippen LogP contribution in [0, 0.1) is 6.92 Å². The van der Waals surface area contributed by atoms with Crippen LogP contribution in [0.3, 0.4) is 0 Å². The van der Waals surface area contributed by atoms with E-state index in [9.17, 15) is 0 Å². The fourth-order valence-corrected chi connectivity index (χ4v) is 3.03. The van der Waals surface area contributed by atoms with E-state index in [1.165, 1.54) is 5.56 Å². The van der Waals surface area contributed by atoms with E-state index in [1.807, 2.05) is 38.4 Å². The van der Waals surface area contributed by atoms with Gasteiger partial charge in [0.05, 0.1) is 6.61 Å².